The first-order valence-corrected chi connectivity index (χ1v) is 4.61. The molecule has 14 heavy (non-hydrogen) atoms. The van der Waals surface area contributed by atoms with Crippen LogP contribution in [0.4, 0.5) is 0 Å². The van der Waals surface area contributed by atoms with Crippen LogP contribution in [-0.2, 0) is 6.54 Å². The van der Waals surface area contributed by atoms with Gasteiger partial charge in [-0.05, 0) is 18.6 Å². The molecule has 1 unspecified atom stereocenters. The van der Waals surface area contributed by atoms with Crippen LogP contribution in [0, 0.1) is 0 Å². The summed E-state index contributed by atoms with van der Waals surface area (Å²) in [6.07, 6.45) is 2.71. The van der Waals surface area contributed by atoms with Gasteiger partial charge in [0.25, 0.3) is 0 Å². The normalized spacial score (nSPS) is 11.9. The number of aliphatic hydroxyl groups is 1. The van der Waals surface area contributed by atoms with Crippen molar-refractivity contribution in [1.82, 2.24) is 10.3 Å². The van der Waals surface area contributed by atoms with Crippen molar-refractivity contribution in [2.75, 3.05) is 6.61 Å². The van der Waals surface area contributed by atoms with Crippen molar-refractivity contribution in [3.8, 4) is 0 Å². The summed E-state index contributed by atoms with van der Waals surface area (Å²) in [6.45, 7) is 2.95. The lowest BCUT2D eigenvalue weighted by Crippen LogP contribution is -3.00. The molecule has 0 bridgehead atoms. The molecule has 3 nitrogen and oxygen atoms in total. The molecule has 0 saturated heterocycles. The third-order valence-electron chi connectivity index (χ3n) is 2.01. The lowest BCUT2D eigenvalue weighted by Gasteiger charge is -2.12. The monoisotopic (exact) mass is 215 g/mol. The van der Waals surface area contributed by atoms with E-state index >= 15 is 0 Å². The Morgan fingerprint density at radius 3 is 2.79 bits per heavy atom. The number of hydrogen-bond donors (Lipinski definition) is 2. The Morgan fingerprint density at radius 2 is 2.29 bits per heavy atom. The summed E-state index contributed by atoms with van der Waals surface area (Å²) >= 11 is 0. The summed E-state index contributed by atoms with van der Waals surface area (Å²) in [5, 5.41) is 12.1. The Labute approximate surface area is 91.0 Å². The number of nitrogens with zero attached hydrogens (tertiary/aromatic N) is 1. The van der Waals surface area contributed by atoms with Gasteiger partial charge in [-0.2, -0.15) is 0 Å². The van der Waals surface area contributed by atoms with Crippen LogP contribution in [0.3, 0.4) is 0 Å². The second-order valence-electron chi connectivity index (χ2n) is 2.99. The van der Waals surface area contributed by atoms with Gasteiger partial charge in [0, 0.05) is 18.8 Å². The SMILES string of the molecule is CCC(CO)NCc1ccccn1.[Cl-]. The molecule has 1 aromatic heterocycles. The first kappa shape index (κ1) is 13.4. The van der Waals surface area contributed by atoms with Crippen molar-refractivity contribution in [3.05, 3.63) is 30.1 Å². The number of hydrogen-bond acceptors (Lipinski definition) is 3. The van der Waals surface area contributed by atoms with Crippen LogP contribution in [0.2, 0.25) is 0 Å². The van der Waals surface area contributed by atoms with Crippen LogP contribution >= 0.6 is 0 Å². The van der Waals surface area contributed by atoms with Crippen LogP contribution < -0.4 is 17.7 Å². The molecule has 1 heterocycles. The summed E-state index contributed by atoms with van der Waals surface area (Å²) in [7, 11) is 0. The first-order valence-electron chi connectivity index (χ1n) is 4.61. The molecule has 0 aliphatic rings. The third-order valence-corrected chi connectivity index (χ3v) is 2.01. The highest BCUT2D eigenvalue weighted by Gasteiger charge is 2.02. The van der Waals surface area contributed by atoms with Gasteiger partial charge in [-0.15, -0.1) is 0 Å². The number of halogens is 1. The van der Waals surface area contributed by atoms with Crippen molar-refractivity contribution < 1.29 is 17.5 Å². The molecule has 1 atom stereocenters. The molecule has 1 aromatic rings. The minimum Gasteiger partial charge on any atom is -1.00 e. The summed E-state index contributed by atoms with van der Waals surface area (Å²) in [6, 6.07) is 6.01. The molecular weight excluding hydrogens is 200 g/mol. The molecule has 0 saturated carbocycles. The van der Waals surface area contributed by atoms with E-state index in [4.69, 9.17) is 5.11 Å². The average Bonchev–Trinajstić information content (AvgIpc) is 2.21. The van der Waals surface area contributed by atoms with Gasteiger partial charge in [0.1, 0.15) is 0 Å². The summed E-state index contributed by atoms with van der Waals surface area (Å²) in [4.78, 5) is 4.18. The highest BCUT2D eigenvalue weighted by molar-refractivity contribution is 5.03. The van der Waals surface area contributed by atoms with E-state index in [1.54, 1.807) is 6.20 Å². The Hall–Kier alpha value is -0.640. The van der Waals surface area contributed by atoms with E-state index in [0.29, 0.717) is 0 Å². The molecule has 2 N–H and O–H groups in total. The predicted molar refractivity (Wildman–Crippen MR) is 52.2 cm³/mol. The predicted octanol–water partition coefficient (Wildman–Crippen LogP) is -2.05. The molecule has 0 amide bonds. The largest absolute Gasteiger partial charge is 1.00 e. The van der Waals surface area contributed by atoms with E-state index in [0.717, 1.165) is 18.7 Å². The van der Waals surface area contributed by atoms with Crippen LogP contribution in [0.15, 0.2) is 24.4 Å². The molecule has 0 aliphatic heterocycles. The van der Waals surface area contributed by atoms with Crippen molar-refractivity contribution in [1.29, 1.82) is 0 Å². The molecular formula is C10H16ClN2O-. The maximum Gasteiger partial charge on any atom is 0.0584 e. The molecule has 1 rings (SSSR count). The van der Waals surface area contributed by atoms with Gasteiger partial charge in [-0.1, -0.05) is 13.0 Å². The Morgan fingerprint density at radius 1 is 1.50 bits per heavy atom. The van der Waals surface area contributed by atoms with Gasteiger partial charge in [-0.25, -0.2) is 0 Å². The second-order valence-corrected chi connectivity index (χ2v) is 2.99. The minimum absolute atomic E-state index is 0. The highest BCUT2D eigenvalue weighted by atomic mass is 35.5. The molecule has 0 fully saturated rings. The van der Waals surface area contributed by atoms with E-state index in [1.807, 2.05) is 25.1 Å². The molecule has 0 radical (unpaired) electrons. The van der Waals surface area contributed by atoms with Crippen LogP contribution in [0.25, 0.3) is 0 Å². The summed E-state index contributed by atoms with van der Waals surface area (Å²) in [5.74, 6) is 0. The van der Waals surface area contributed by atoms with Gasteiger partial charge >= 0.3 is 0 Å². The Balaban J connectivity index is 0.00000169. The van der Waals surface area contributed by atoms with Crippen molar-refractivity contribution >= 4 is 0 Å². The quantitative estimate of drug-likeness (QED) is 0.594. The van der Waals surface area contributed by atoms with Gasteiger partial charge in [0.15, 0.2) is 0 Å². The summed E-state index contributed by atoms with van der Waals surface area (Å²) < 4.78 is 0. The Bertz CT molecular complexity index is 227. The number of nitrogens with one attached hydrogen (secondary N) is 1. The fourth-order valence-corrected chi connectivity index (χ4v) is 1.09. The zero-order valence-electron chi connectivity index (χ0n) is 8.28. The molecule has 80 valence electrons. The standard InChI is InChI=1S/C10H16N2O.ClH/c1-2-9(8-13)12-7-10-5-3-4-6-11-10;/h3-6,9,12-13H,2,7-8H2,1H3;1H/p-1. The number of aromatic nitrogens is 1. The summed E-state index contributed by atoms with van der Waals surface area (Å²) in [5.41, 5.74) is 1.01. The molecule has 0 aromatic carbocycles. The fraction of sp³-hybridized carbons (Fsp3) is 0.500. The van der Waals surface area contributed by atoms with Gasteiger partial charge < -0.3 is 22.8 Å². The second kappa shape index (κ2) is 7.74. The maximum absolute atomic E-state index is 8.92. The van der Waals surface area contributed by atoms with Crippen molar-refractivity contribution in [3.63, 3.8) is 0 Å². The van der Waals surface area contributed by atoms with Gasteiger partial charge in [-0.3, -0.25) is 4.98 Å². The number of rotatable bonds is 5. The average molecular weight is 216 g/mol. The van der Waals surface area contributed by atoms with Crippen molar-refractivity contribution in [2.45, 2.75) is 25.9 Å². The maximum atomic E-state index is 8.92. The lowest BCUT2D eigenvalue weighted by atomic mass is 10.2. The van der Waals surface area contributed by atoms with E-state index in [2.05, 4.69) is 10.3 Å². The molecule has 4 heteroatoms. The van der Waals surface area contributed by atoms with Gasteiger partial charge in [0.2, 0.25) is 0 Å². The molecule has 0 aliphatic carbocycles. The van der Waals surface area contributed by atoms with E-state index in [1.165, 1.54) is 0 Å². The van der Waals surface area contributed by atoms with Crippen LogP contribution in [-0.4, -0.2) is 22.7 Å². The molecule has 0 spiro atoms. The smallest absolute Gasteiger partial charge is 0.0584 e. The first-order chi connectivity index (χ1) is 6.36. The highest BCUT2D eigenvalue weighted by Crippen LogP contribution is 1.95. The topological polar surface area (TPSA) is 45.1 Å². The van der Waals surface area contributed by atoms with Gasteiger partial charge in [0.05, 0.1) is 12.3 Å². The Kier molecular flexibility index (Phi) is 7.38. The van der Waals surface area contributed by atoms with E-state index in [9.17, 15) is 0 Å². The number of aliphatic hydroxyl groups excluding tert-OH is 1. The lowest BCUT2D eigenvalue weighted by molar-refractivity contribution is -0.00000387. The van der Waals surface area contributed by atoms with E-state index in [-0.39, 0.29) is 25.1 Å². The zero-order chi connectivity index (χ0) is 9.52. The number of pyridine rings is 1. The fourth-order valence-electron chi connectivity index (χ4n) is 1.09. The van der Waals surface area contributed by atoms with Crippen molar-refractivity contribution in [2.24, 2.45) is 0 Å². The third kappa shape index (κ3) is 4.56. The van der Waals surface area contributed by atoms with E-state index < -0.39 is 0 Å². The zero-order valence-corrected chi connectivity index (χ0v) is 9.04. The van der Waals surface area contributed by atoms with Crippen LogP contribution in [0.5, 0.6) is 0 Å². The minimum atomic E-state index is 0. The van der Waals surface area contributed by atoms with Crippen LogP contribution in [0.1, 0.15) is 19.0 Å².